The first-order chi connectivity index (χ1) is 25.9. The standard InChI is InChI=1S/C8H18O2.4C7H6O2.C6H6.C2H6.CH4/c1-3-5-8(10)6-7(9)4-2;4*8-7(9)6-4-2-1-3-5-6;1-2-4-6-5-3-1;1-2;/h7-10H,3-6H2,1-2H3;4*1-5H,(H,8,9);1-6H;1-2H3;1H4. The van der Waals surface area contributed by atoms with Crippen molar-refractivity contribution in [3.63, 3.8) is 0 Å². The zero-order chi connectivity index (χ0) is 41.0. The molecule has 2 unspecified atom stereocenters. The summed E-state index contributed by atoms with van der Waals surface area (Å²) in [5.41, 5.74) is 1.32. The molecule has 0 aliphatic rings. The summed E-state index contributed by atoms with van der Waals surface area (Å²) in [5.74, 6) is -3.52. The Labute approximate surface area is 326 Å². The van der Waals surface area contributed by atoms with Gasteiger partial charge in [0.15, 0.2) is 0 Å². The molecular formula is C45H58O10. The maximum Gasteiger partial charge on any atom is 0.335 e. The maximum absolute atomic E-state index is 10.2. The predicted octanol–water partition coefficient (Wildman–Crippen LogP) is 10.2. The molecule has 0 spiro atoms. The van der Waals surface area contributed by atoms with Gasteiger partial charge in [-0.2, -0.15) is 0 Å². The number of benzene rings is 5. The second-order valence-electron chi connectivity index (χ2n) is 10.6. The van der Waals surface area contributed by atoms with Crippen molar-refractivity contribution in [2.24, 2.45) is 0 Å². The Kier molecular flexibility index (Phi) is 35.1. The van der Waals surface area contributed by atoms with Gasteiger partial charge in [-0.25, -0.2) is 19.2 Å². The summed E-state index contributed by atoms with van der Waals surface area (Å²) in [4.78, 5) is 40.8. The summed E-state index contributed by atoms with van der Waals surface area (Å²) in [7, 11) is 0. The number of rotatable bonds is 9. The Morgan fingerprint density at radius 2 is 0.618 bits per heavy atom. The number of aliphatic hydroxyl groups excluding tert-OH is 2. The highest BCUT2D eigenvalue weighted by molar-refractivity contribution is 5.88. The average Bonchev–Trinajstić information content (AvgIpc) is 3.22. The summed E-state index contributed by atoms with van der Waals surface area (Å²) in [6.07, 6.45) is 2.43. The van der Waals surface area contributed by atoms with Crippen molar-refractivity contribution in [1.29, 1.82) is 0 Å². The summed E-state index contributed by atoms with van der Waals surface area (Å²) < 4.78 is 0. The molecule has 2 atom stereocenters. The van der Waals surface area contributed by atoms with Crippen molar-refractivity contribution in [1.82, 2.24) is 0 Å². The lowest BCUT2D eigenvalue weighted by molar-refractivity contribution is 0.0686. The molecule has 10 heteroatoms. The number of carboxylic acid groups (broad SMARTS) is 4. The van der Waals surface area contributed by atoms with Gasteiger partial charge < -0.3 is 30.6 Å². The topological polar surface area (TPSA) is 190 Å². The van der Waals surface area contributed by atoms with E-state index in [1.807, 2.05) is 64.1 Å². The lowest BCUT2D eigenvalue weighted by Crippen LogP contribution is -2.16. The minimum atomic E-state index is -0.879. The molecule has 5 rings (SSSR count). The van der Waals surface area contributed by atoms with E-state index < -0.39 is 23.9 Å². The van der Waals surface area contributed by atoms with Crippen LogP contribution in [0.25, 0.3) is 0 Å². The molecule has 0 fully saturated rings. The number of aliphatic hydroxyl groups is 2. The molecule has 0 saturated heterocycles. The van der Waals surface area contributed by atoms with Gasteiger partial charge in [-0.15, -0.1) is 0 Å². The van der Waals surface area contributed by atoms with E-state index in [4.69, 9.17) is 25.5 Å². The second kappa shape index (κ2) is 36.3. The van der Waals surface area contributed by atoms with Gasteiger partial charge in [-0.05, 0) is 67.8 Å². The van der Waals surface area contributed by atoms with Crippen LogP contribution in [0.2, 0.25) is 0 Å². The molecule has 0 aliphatic carbocycles. The highest BCUT2D eigenvalue weighted by Gasteiger charge is 2.08. The number of hydrogen-bond acceptors (Lipinski definition) is 6. The second-order valence-corrected chi connectivity index (χ2v) is 10.6. The highest BCUT2D eigenvalue weighted by atomic mass is 16.4. The zero-order valence-corrected chi connectivity index (χ0v) is 31.3. The molecule has 0 bridgehead atoms. The summed E-state index contributed by atoms with van der Waals surface area (Å²) >= 11 is 0. The Balaban J connectivity index is -0.000000584. The van der Waals surface area contributed by atoms with E-state index in [9.17, 15) is 24.3 Å². The fourth-order valence-corrected chi connectivity index (χ4v) is 3.64. The molecule has 298 valence electrons. The number of carboxylic acids is 4. The van der Waals surface area contributed by atoms with Crippen molar-refractivity contribution in [2.75, 3.05) is 0 Å². The van der Waals surface area contributed by atoms with Crippen LogP contribution in [0.15, 0.2) is 158 Å². The number of hydrogen-bond donors (Lipinski definition) is 6. The van der Waals surface area contributed by atoms with E-state index in [-0.39, 0.29) is 19.6 Å². The van der Waals surface area contributed by atoms with Crippen LogP contribution in [0.3, 0.4) is 0 Å². The van der Waals surface area contributed by atoms with Crippen LogP contribution in [0.4, 0.5) is 0 Å². The molecule has 6 N–H and O–H groups in total. The van der Waals surface area contributed by atoms with Crippen molar-refractivity contribution in [3.8, 4) is 0 Å². The average molecular weight is 759 g/mol. The Morgan fingerprint density at radius 3 is 0.764 bits per heavy atom. The first kappa shape index (κ1) is 53.3. The largest absolute Gasteiger partial charge is 0.478 e. The normalized spacial score (nSPS) is 9.85. The van der Waals surface area contributed by atoms with Crippen LogP contribution < -0.4 is 0 Å². The zero-order valence-electron chi connectivity index (χ0n) is 31.3. The van der Waals surface area contributed by atoms with Crippen LogP contribution in [-0.2, 0) is 0 Å². The van der Waals surface area contributed by atoms with Crippen LogP contribution >= 0.6 is 0 Å². The smallest absolute Gasteiger partial charge is 0.335 e. The third-order valence-electron chi connectivity index (χ3n) is 6.39. The van der Waals surface area contributed by atoms with Crippen LogP contribution in [0.1, 0.15) is 102 Å². The number of carbonyl (C=O) groups is 4. The van der Waals surface area contributed by atoms with Gasteiger partial charge in [0, 0.05) is 0 Å². The predicted molar refractivity (Wildman–Crippen MR) is 220 cm³/mol. The summed E-state index contributed by atoms with van der Waals surface area (Å²) in [6, 6.07) is 45.2. The lowest BCUT2D eigenvalue weighted by atomic mass is 10.1. The molecular weight excluding hydrogens is 700 g/mol. The highest BCUT2D eigenvalue weighted by Crippen LogP contribution is 2.06. The summed E-state index contributed by atoms with van der Waals surface area (Å²) in [6.45, 7) is 7.95. The minimum absolute atomic E-state index is 0. The minimum Gasteiger partial charge on any atom is -0.478 e. The molecule has 10 nitrogen and oxygen atoms in total. The maximum atomic E-state index is 10.2. The van der Waals surface area contributed by atoms with Gasteiger partial charge in [-0.3, -0.25) is 0 Å². The first-order valence-corrected chi connectivity index (χ1v) is 17.4. The molecule has 0 saturated carbocycles. The van der Waals surface area contributed by atoms with E-state index in [1.54, 1.807) is 121 Å². The Morgan fingerprint density at radius 1 is 0.418 bits per heavy atom. The first-order valence-electron chi connectivity index (χ1n) is 17.4. The van der Waals surface area contributed by atoms with Gasteiger partial charge in [-0.1, -0.05) is 151 Å². The molecule has 0 heterocycles. The van der Waals surface area contributed by atoms with Crippen molar-refractivity contribution < 1.29 is 49.8 Å². The quantitative estimate of drug-likeness (QED) is 0.0843. The third kappa shape index (κ3) is 31.2. The van der Waals surface area contributed by atoms with Gasteiger partial charge in [0.05, 0.1) is 34.5 Å². The third-order valence-corrected chi connectivity index (χ3v) is 6.39. The Hall–Kier alpha value is -6.10. The van der Waals surface area contributed by atoms with Crippen molar-refractivity contribution in [2.45, 2.75) is 73.0 Å². The van der Waals surface area contributed by atoms with E-state index >= 15 is 0 Å². The molecule has 0 aromatic heterocycles. The Bertz CT molecular complexity index is 1390. The van der Waals surface area contributed by atoms with Crippen LogP contribution in [0.5, 0.6) is 0 Å². The van der Waals surface area contributed by atoms with Gasteiger partial charge in [0.25, 0.3) is 0 Å². The molecule has 55 heavy (non-hydrogen) atoms. The van der Waals surface area contributed by atoms with Crippen LogP contribution in [-0.4, -0.2) is 66.7 Å². The van der Waals surface area contributed by atoms with E-state index in [2.05, 4.69) is 0 Å². The lowest BCUT2D eigenvalue weighted by Gasteiger charge is -2.12. The van der Waals surface area contributed by atoms with Gasteiger partial charge in [0.2, 0.25) is 0 Å². The van der Waals surface area contributed by atoms with Crippen molar-refractivity contribution in [3.05, 3.63) is 180 Å². The fraction of sp³-hybridized carbons (Fsp3) is 0.244. The monoisotopic (exact) mass is 758 g/mol. The van der Waals surface area contributed by atoms with E-state index in [1.165, 1.54) is 0 Å². The molecule has 5 aromatic carbocycles. The fourth-order valence-electron chi connectivity index (χ4n) is 3.64. The summed E-state index contributed by atoms with van der Waals surface area (Å²) in [5, 5.41) is 51.8. The number of aromatic carboxylic acids is 4. The van der Waals surface area contributed by atoms with Crippen LogP contribution in [0, 0.1) is 0 Å². The van der Waals surface area contributed by atoms with E-state index in [0.29, 0.717) is 28.7 Å². The van der Waals surface area contributed by atoms with Gasteiger partial charge in [0.1, 0.15) is 0 Å². The molecule has 0 amide bonds. The molecule has 5 aromatic rings. The SMILES string of the molecule is C.CC.CCCC(O)CC(O)CC.O=C(O)c1ccccc1.O=C(O)c1ccccc1.O=C(O)c1ccccc1.O=C(O)c1ccccc1.c1ccccc1. The molecule has 0 radical (unpaired) electrons. The van der Waals surface area contributed by atoms with Gasteiger partial charge >= 0.3 is 23.9 Å². The van der Waals surface area contributed by atoms with E-state index in [0.717, 1.165) is 19.3 Å². The molecule has 0 aliphatic heterocycles. The van der Waals surface area contributed by atoms with Crippen molar-refractivity contribution >= 4 is 23.9 Å².